The molecule has 2 heterocycles. The smallest absolute Gasteiger partial charge is 0.118 e. The third-order valence-corrected chi connectivity index (χ3v) is 4.23. The minimum atomic E-state index is 0.495. The molecule has 1 unspecified atom stereocenters. The van der Waals surface area contributed by atoms with Gasteiger partial charge in [-0.25, -0.2) is 0 Å². The van der Waals surface area contributed by atoms with Gasteiger partial charge < -0.3 is 4.74 Å². The molecule has 1 aliphatic heterocycles. The molecule has 1 saturated heterocycles. The number of ether oxygens (including phenoxy) is 1. The summed E-state index contributed by atoms with van der Waals surface area (Å²) in [6.07, 6.45) is 7.67. The lowest BCUT2D eigenvalue weighted by atomic mass is 9.96. The summed E-state index contributed by atoms with van der Waals surface area (Å²) in [5.41, 5.74) is 2.68. The number of pyridine rings is 1. The van der Waals surface area contributed by atoms with Gasteiger partial charge >= 0.3 is 0 Å². The van der Waals surface area contributed by atoms with Crippen LogP contribution in [-0.4, -0.2) is 23.5 Å². The lowest BCUT2D eigenvalue weighted by Gasteiger charge is -2.36. The van der Waals surface area contributed by atoms with E-state index >= 15 is 0 Å². The van der Waals surface area contributed by atoms with Crippen LogP contribution in [-0.2, 0) is 6.54 Å². The number of rotatable bonds is 4. The molecule has 1 atom stereocenters. The average Bonchev–Trinajstić information content (AvgIpc) is 2.57. The van der Waals surface area contributed by atoms with Crippen molar-refractivity contribution in [1.29, 1.82) is 0 Å². The molecule has 1 aromatic heterocycles. The maximum Gasteiger partial charge on any atom is 0.118 e. The van der Waals surface area contributed by atoms with Crippen molar-refractivity contribution >= 4 is 0 Å². The van der Waals surface area contributed by atoms with E-state index in [0.717, 1.165) is 18.8 Å². The van der Waals surface area contributed by atoms with Crippen LogP contribution < -0.4 is 4.74 Å². The van der Waals surface area contributed by atoms with Crippen molar-refractivity contribution in [3.05, 3.63) is 59.9 Å². The standard InChI is InChI=1S/C18H22N2O/c1-21-17-9-7-15(8-10-17)14-20-12-3-2-6-18(20)16-5-4-11-19-13-16/h4-5,7-11,13,18H,2-3,6,12,14H2,1H3. The zero-order chi connectivity index (χ0) is 14.5. The number of aromatic nitrogens is 1. The molecule has 21 heavy (non-hydrogen) atoms. The summed E-state index contributed by atoms with van der Waals surface area (Å²) in [6, 6.07) is 13.1. The first kappa shape index (κ1) is 14.1. The fourth-order valence-corrected chi connectivity index (χ4v) is 3.10. The van der Waals surface area contributed by atoms with Gasteiger partial charge in [0.15, 0.2) is 0 Å². The highest BCUT2D eigenvalue weighted by Gasteiger charge is 2.23. The highest BCUT2D eigenvalue weighted by molar-refractivity contribution is 5.27. The predicted octanol–water partition coefficient (Wildman–Crippen LogP) is 3.82. The van der Waals surface area contributed by atoms with Gasteiger partial charge in [0, 0.05) is 25.0 Å². The molecule has 0 N–H and O–H groups in total. The van der Waals surface area contributed by atoms with Gasteiger partial charge in [-0.3, -0.25) is 9.88 Å². The Morgan fingerprint density at radius 1 is 1.19 bits per heavy atom. The van der Waals surface area contributed by atoms with E-state index in [1.807, 2.05) is 30.6 Å². The molecular weight excluding hydrogens is 260 g/mol. The summed E-state index contributed by atoms with van der Waals surface area (Å²) in [4.78, 5) is 6.85. The maximum atomic E-state index is 5.23. The molecule has 110 valence electrons. The van der Waals surface area contributed by atoms with Crippen molar-refractivity contribution < 1.29 is 4.74 Å². The van der Waals surface area contributed by atoms with Crippen LogP contribution in [0.1, 0.15) is 36.4 Å². The Labute approximate surface area is 126 Å². The third-order valence-electron chi connectivity index (χ3n) is 4.23. The summed E-state index contributed by atoms with van der Waals surface area (Å²) < 4.78 is 5.23. The number of methoxy groups -OCH3 is 1. The Morgan fingerprint density at radius 3 is 2.76 bits per heavy atom. The molecule has 1 aromatic carbocycles. The van der Waals surface area contributed by atoms with Crippen LogP contribution in [0.4, 0.5) is 0 Å². The quantitative estimate of drug-likeness (QED) is 0.852. The fourth-order valence-electron chi connectivity index (χ4n) is 3.10. The van der Waals surface area contributed by atoms with Gasteiger partial charge in [-0.1, -0.05) is 24.6 Å². The molecule has 0 saturated carbocycles. The number of hydrogen-bond donors (Lipinski definition) is 0. The van der Waals surface area contributed by atoms with Gasteiger partial charge in [-0.15, -0.1) is 0 Å². The Bertz CT molecular complexity index is 553. The number of hydrogen-bond acceptors (Lipinski definition) is 3. The van der Waals surface area contributed by atoms with Gasteiger partial charge in [0.2, 0.25) is 0 Å². The van der Waals surface area contributed by atoms with Crippen molar-refractivity contribution in [2.75, 3.05) is 13.7 Å². The molecular formula is C18H22N2O. The van der Waals surface area contributed by atoms with E-state index in [-0.39, 0.29) is 0 Å². The molecule has 1 fully saturated rings. The topological polar surface area (TPSA) is 25.4 Å². The van der Waals surface area contributed by atoms with Crippen LogP contribution >= 0.6 is 0 Å². The van der Waals surface area contributed by atoms with Gasteiger partial charge in [-0.05, 0) is 48.7 Å². The molecule has 2 aromatic rings. The number of piperidine rings is 1. The molecule has 0 aliphatic carbocycles. The van der Waals surface area contributed by atoms with E-state index in [1.54, 1.807) is 7.11 Å². The average molecular weight is 282 g/mol. The van der Waals surface area contributed by atoms with Crippen LogP contribution in [0.5, 0.6) is 5.75 Å². The highest BCUT2D eigenvalue weighted by atomic mass is 16.5. The molecule has 0 bridgehead atoms. The predicted molar refractivity (Wildman–Crippen MR) is 84.2 cm³/mol. The van der Waals surface area contributed by atoms with Crippen LogP contribution in [0.2, 0.25) is 0 Å². The largest absolute Gasteiger partial charge is 0.497 e. The van der Waals surface area contributed by atoms with Crippen molar-refractivity contribution in [2.24, 2.45) is 0 Å². The van der Waals surface area contributed by atoms with Crippen LogP contribution in [0.15, 0.2) is 48.8 Å². The number of benzene rings is 1. The molecule has 3 rings (SSSR count). The SMILES string of the molecule is COc1ccc(CN2CCCCC2c2cccnc2)cc1. The zero-order valence-corrected chi connectivity index (χ0v) is 12.5. The number of nitrogens with zero attached hydrogens (tertiary/aromatic N) is 2. The molecule has 0 amide bonds. The summed E-state index contributed by atoms with van der Waals surface area (Å²) >= 11 is 0. The minimum Gasteiger partial charge on any atom is -0.497 e. The van der Waals surface area contributed by atoms with Crippen LogP contribution in [0.25, 0.3) is 0 Å². The van der Waals surface area contributed by atoms with Gasteiger partial charge in [-0.2, -0.15) is 0 Å². The summed E-state index contributed by atoms with van der Waals surface area (Å²) in [7, 11) is 1.71. The Kier molecular flexibility index (Phi) is 4.51. The maximum absolute atomic E-state index is 5.23. The minimum absolute atomic E-state index is 0.495. The van der Waals surface area contributed by atoms with E-state index < -0.39 is 0 Å². The summed E-state index contributed by atoms with van der Waals surface area (Å²) in [6.45, 7) is 2.15. The van der Waals surface area contributed by atoms with E-state index in [1.165, 1.54) is 30.4 Å². The van der Waals surface area contributed by atoms with Crippen LogP contribution in [0, 0.1) is 0 Å². The zero-order valence-electron chi connectivity index (χ0n) is 12.5. The van der Waals surface area contributed by atoms with Gasteiger partial charge in [0.25, 0.3) is 0 Å². The third kappa shape index (κ3) is 3.42. The van der Waals surface area contributed by atoms with E-state index in [9.17, 15) is 0 Å². The Balaban J connectivity index is 1.75. The lowest BCUT2D eigenvalue weighted by molar-refractivity contribution is 0.140. The monoisotopic (exact) mass is 282 g/mol. The van der Waals surface area contributed by atoms with Gasteiger partial charge in [0.1, 0.15) is 5.75 Å². The van der Waals surface area contributed by atoms with E-state index in [2.05, 4.69) is 28.1 Å². The van der Waals surface area contributed by atoms with Crippen molar-refractivity contribution in [3.8, 4) is 5.75 Å². The normalized spacial score (nSPS) is 19.4. The summed E-state index contributed by atoms with van der Waals surface area (Å²) in [5, 5.41) is 0. The van der Waals surface area contributed by atoms with Crippen molar-refractivity contribution in [2.45, 2.75) is 31.8 Å². The Morgan fingerprint density at radius 2 is 2.05 bits per heavy atom. The molecule has 1 aliphatic rings. The van der Waals surface area contributed by atoms with Crippen molar-refractivity contribution in [3.63, 3.8) is 0 Å². The number of likely N-dealkylation sites (tertiary alicyclic amines) is 1. The fraction of sp³-hybridized carbons (Fsp3) is 0.389. The second-order valence-corrected chi connectivity index (χ2v) is 5.62. The highest BCUT2D eigenvalue weighted by Crippen LogP contribution is 2.31. The molecule has 3 nitrogen and oxygen atoms in total. The van der Waals surface area contributed by atoms with Crippen molar-refractivity contribution in [1.82, 2.24) is 9.88 Å². The first-order valence-electron chi connectivity index (χ1n) is 7.64. The molecule has 3 heteroatoms. The molecule has 0 spiro atoms. The first-order valence-corrected chi connectivity index (χ1v) is 7.64. The Hall–Kier alpha value is -1.87. The first-order chi connectivity index (χ1) is 10.4. The van der Waals surface area contributed by atoms with Gasteiger partial charge in [0.05, 0.1) is 7.11 Å². The van der Waals surface area contributed by atoms with E-state index in [0.29, 0.717) is 6.04 Å². The van der Waals surface area contributed by atoms with E-state index in [4.69, 9.17) is 4.74 Å². The summed E-state index contributed by atoms with van der Waals surface area (Å²) in [5.74, 6) is 0.918. The molecule has 0 radical (unpaired) electrons. The second kappa shape index (κ2) is 6.72. The second-order valence-electron chi connectivity index (χ2n) is 5.62. The lowest BCUT2D eigenvalue weighted by Crippen LogP contribution is -2.32. The van der Waals surface area contributed by atoms with Crippen LogP contribution in [0.3, 0.4) is 0 Å².